The molecule has 3 rings (SSSR count). The van der Waals surface area contributed by atoms with Gasteiger partial charge in [-0.3, -0.25) is 4.90 Å². The van der Waals surface area contributed by atoms with Crippen LogP contribution in [0.2, 0.25) is 0 Å². The number of nitrogens with zero attached hydrogens (tertiary/aromatic N) is 1. The standard InChI is InChI=1S/C17H26N2/c18-11-10-14-5-1-2-6-16(14)13-19-12-4-8-15-7-3-9-17(15)19/h1-2,5-6,15,17H,3-4,7-13,18H2. The smallest absolute Gasteiger partial charge is 0.0239 e. The number of benzene rings is 1. The average Bonchev–Trinajstić information content (AvgIpc) is 2.91. The molecular formula is C17H26N2. The van der Waals surface area contributed by atoms with Gasteiger partial charge in [0.25, 0.3) is 0 Å². The van der Waals surface area contributed by atoms with E-state index in [1.165, 1.54) is 49.8 Å². The lowest BCUT2D eigenvalue weighted by molar-refractivity contribution is 0.105. The molecule has 2 nitrogen and oxygen atoms in total. The van der Waals surface area contributed by atoms with E-state index in [4.69, 9.17) is 5.73 Å². The Hall–Kier alpha value is -0.860. The first-order valence-electron chi connectivity index (χ1n) is 7.89. The number of hydrogen-bond donors (Lipinski definition) is 1. The van der Waals surface area contributed by atoms with Gasteiger partial charge >= 0.3 is 0 Å². The minimum absolute atomic E-state index is 0.753. The molecule has 0 spiro atoms. The number of likely N-dealkylation sites (tertiary alicyclic amines) is 1. The highest BCUT2D eigenvalue weighted by molar-refractivity contribution is 5.27. The Morgan fingerprint density at radius 1 is 1.05 bits per heavy atom. The second-order valence-electron chi connectivity index (χ2n) is 6.18. The summed E-state index contributed by atoms with van der Waals surface area (Å²) in [6.45, 7) is 3.18. The van der Waals surface area contributed by atoms with Crippen molar-refractivity contribution in [3.63, 3.8) is 0 Å². The Morgan fingerprint density at radius 3 is 2.68 bits per heavy atom. The van der Waals surface area contributed by atoms with Gasteiger partial charge in [0.05, 0.1) is 0 Å². The molecule has 2 heteroatoms. The van der Waals surface area contributed by atoms with Crippen LogP contribution in [-0.4, -0.2) is 24.0 Å². The summed E-state index contributed by atoms with van der Waals surface area (Å²) in [5.41, 5.74) is 8.68. The second-order valence-corrected chi connectivity index (χ2v) is 6.18. The van der Waals surface area contributed by atoms with Gasteiger partial charge in [-0.1, -0.05) is 30.7 Å². The highest BCUT2D eigenvalue weighted by Gasteiger charge is 2.34. The van der Waals surface area contributed by atoms with Gasteiger partial charge in [0.1, 0.15) is 0 Å². The number of piperidine rings is 1. The fourth-order valence-corrected chi connectivity index (χ4v) is 4.08. The lowest BCUT2D eigenvalue weighted by Gasteiger charge is -2.38. The van der Waals surface area contributed by atoms with Crippen molar-refractivity contribution >= 4 is 0 Å². The molecule has 104 valence electrons. The summed E-state index contributed by atoms with van der Waals surface area (Å²) in [6.07, 6.45) is 8.19. The van der Waals surface area contributed by atoms with Crippen molar-refractivity contribution in [1.82, 2.24) is 4.90 Å². The molecule has 0 bridgehead atoms. The first-order valence-corrected chi connectivity index (χ1v) is 7.89. The Morgan fingerprint density at radius 2 is 1.84 bits per heavy atom. The molecule has 1 aromatic rings. The summed E-state index contributed by atoms with van der Waals surface area (Å²) in [4.78, 5) is 2.75. The predicted molar refractivity (Wildman–Crippen MR) is 80.0 cm³/mol. The molecule has 19 heavy (non-hydrogen) atoms. The number of rotatable bonds is 4. The summed E-state index contributed by atoms with van der Waals surface area (Å²) in [5, 5.41) is 0. The van der Waals surface area contributed by atoms with Crippen LogP contribution < -0.4 is 5.73 Å². The molecule has 2 N–H and O–H groups in total. The van der Waals surface area contributed by atoms with Crippen LogP contribution in [0, 0.1) is 5.92 Å². The molecule has 2 atom stereocenters. The van der Waals surface area contributed by atoms with E-state index < -0.39 is 0 Å². The van der Waals surface area contributed by atoms with E-state index in [1.54, 1.807) is 0 Å². The van der Waals surface area contributed by atoms with Crippen molar-refractivity contribution < 1.29 is 0 Å². The van der Waals surface area contributed by atoms with Crippen LogP contribution in [0.25, 0.3) is 0 Å². The minimum Gasteiger partial charge on any atom is -0.330 e. The highest BCUT2D eigenvalue weighted by Crippen LogP contribution is 2.37. The predicted octanol–water partition coefficient (Wildman–Crippen LogP) is 2.95. The van der Waals surface area contributed by atoms with Gasteiger partial charge in [-0.15, -0.1) is 0 Å². The zero-order valence-corrected chi connectivity index (χ0v) is 11.9. The van der Waals surface area contributed by atoms with Crippen LogP contribution in [0.15, 0.2) is 24.3 Å². The molecule has 1 saturated carbocycles. The van der Waals surface area contributed by atoms with E-state index in [1.807, 2.05) is 0 Å². The molecule has 1 aliphatic heterocycles. The fraction of sp³-hybridized carbons (Fsp3) is 0.647. The van der Waals surface area contributed by atoms with E-state index in [0.29, 0.717) is 0 Å². The van der Waals surface area contributed by atoms with E-state index >= 15 is 0 Å². The van der Waals surface area contributed by atoms with Crippen LogP contribution in [0.5, 0.6) is 0 Å². The number of nitrogens with two attached hydrogens (primary N) is 1. The zero-order valence-electron chi connectivity index (χ0n) is 11.9. The van der Waals surface area contributed by atoms with E-state index in [2.05, 4.69) is 29.2 Å². The Bertz CT molecular complexity index is 415. The molecule has 0 radical (unpaired) electrons. The Kier molecular flexibility index (Phi) is 4.19. The van der Waals surface area contributed by atoms with Crippen molar-refractivity contribution in [2.45, 2.75) is 51.1 Å². The summed E-state index contributed by atoms with van der Waals surface area (Å²) < 4.78 is 0. The Labute approximate surface area is 117 Å². The van der Waals surface area contributed by atoms with Gasteiger partial charge in [-0.2, -0.15) is 0 Å². The minimum atomic E-state index is 0.753. The lowest BCUT2D eigenvalue weighted by atomic mass is 9.91. The van der Waals surface area contributed by atoms with Crippen LogP contribution >= 0.6 is 0 Å². The topological polar surface area (TPSA) is 29.3 Å². The van der Waals surface area contributed by atoms with Gasteiger partial charge < -0.3 is 5.73 Å². The van der Waals surface area contributed by atoms with Crippen molar-refractivity contribution in [2.75, 3.05) is 13.1 Å². The lowest BCUT2D eigenvalue weighted by Crippen LogP contribution is -2.42. The third kappa shape index (κ3) is 2.85. The molecule has 0 aromatic heterocycles. The first-order chi connectivity index (χ1) is 9.38. The normalized spacial score (nSPS) is 27.4. The van der Waals surface area contributed by atoms with E-state index in [9.17, 15) is 0 Å². The molecule has 1 heterocycles. The number of hydrogen-bond acceptors (Lipinski definition) is 2. The maximum atomic E-state index is 5.73. The van der Waals surface area contributed by atoms with Crippen LogP contribution in [-0.2, 0) is 13.0 Å². The van der Waals surface area contributed by atoms with Crippen molar-refractivity contribution in [1.29, 1.82) is 0 Å². The molecule has 1 aromatic carbocycles. The van der Waals surface area contributed by atoms with Gasteiger partial charge in [-0.25, -0.2) is 0 Å². The number of fused-ring (bicyclic) bond motifs is 1. The molecule has 2 fully saturated rings. The molecule has 1 saturated heterocycles. The van der Waals surface area contributed by atoms with Gasteiger partial charge in [0, 0.05) is 12.6 Å². The largest absolute Gasteiger partial charge is 0.330 e. The molecule has 1 aliphatic carbocycles. The summed E-state index contributed by atoms with van der Waals surface area (Å²) >= 11 is 0. The van der Waals surface area contributed by atoms with Crippen molar-refractivity contribution in [3.05, 3.63) is 35.4 Å². The van der Waals surface area contributed by atoms with Crippen LogP contribution in [0.3, 0.4) is 0 Å². The average molecular weight is 258 g/mol. The van der Waals surface area contributed by atoms with Crippen LogP contribution in [0.1, 0.15) is 43.2 Å². The summed E-state index contributed by atoms with van der Waals surface area (Å²) in [7, 11) is 0. The first kappa shape index (κ1) is 13.1. The monoisotopic (exact) mass is 258 g/mol. The van der Waals surface area contributed by atoms with Crippen molar-refractivity contribution in [2.24, 2.45) is 11.7 Å². The third-order valence-corrected chi connectivity index (χ3v) is 5.01. The van der Waals surface area contributed by atoms with Crippen molar-refractivity contribution in [3.8, 4) is 0 Å². The Balaban J connectivity index is 1.73. The van der Waals surface area contributed by atoms with E-state index in [-0.39, 0.29) is 0 Å². The SMILES string of the molecule is NCCc1ccccc1CN1CCCC2CCCC21. The second kappa shape index (κ2) is 6.06. The van der Waals surface area contributed by atoms with Gasteiger partial charge in [0.15, 0.2) is 0 Å². The maximum Gasteiger partial charge on any atom is 0.0239 e. The molecule has 2 unspecified atom stereocenters. The fourth-order valence-electron chi connectivity index (χ4n) is 4.08. The maximum absolute atomic E-state index is 5.73. The molecule has 2 aliphatic rings. The highest BCUT2D eigenvalue weighted by atomic mass is 15.2. The van der Waals surface area contributed by atoms with Crippen LogP contribution in [0.4, 0.5) is 0 Å². The van der Waals surface area contributed by atoms with Gasteiger partial charge in [-0.05, 0) is 62.2 Å². The quantitative estimate of drug-likeness (QED) is 0.899. The summed E-state index contributed by atoms with van der Waals surface area (Å²) in [6, 6.07) is 9.72. The summed E-state index contributed by atoms with van der Waals surface area (Å²) in [5.74, 6) is 0.982. The zero-order chi connectivity index (χ0) is 13.1. The van der Waals surface area contributed by atoms with E-state index in [0.717, 1.165) is 31.5 Å². The third-order valence-electron chi connectivity index (χ3n) is 5.01. The molecular weight excluding hydrogens is 232 g/mol. The molecule has 0 amide bonds. The van der Waals surface area contributed by atoms with Gasteiger partial charge in [0.2, 0.25) is 0 Å².